The van der Waals surface area contributed by atoms with Gasteiger partial charge in [-0.05, 0) is 35.7 Å². The Kier molecular flexibility index (Phi) is 3.48. The van der Waals surface area contributed by atoms with Crippen LogP contribution in [0.5, 0.6) is 5.75 Å². The molecule has 0 bridgehead atoms. The third kappa shape index (κ3) is 3.13. The van der Waals surface area contributed by atoms with Crippen molar-refractivity contribution in [2.75, 3.05) is 6.61 Å². The van der Waals surface area contributed by atoms with Crippen LogP contribution in [0.3, 0.4) is 0 Å². The molecule has 2 aromatic carbocycles. The molecule has 5 nitrogen and oxygen atoms in total. The van der Waals surface area contributed by atoms with Crippen molar-refractivity contribution >= 4 is 22.6 Å². The SMILES string of the molecule is O=C(COc1cc2ccccc2cc1C(=O)O)NC1CC1. The number of hydrogen-bond donors (Lipinski definition) is 2. The minimum Gasteiger partial charge on any atom is -0.483 e. The lowest BCUT2D eigenvalue weighted by molar-refractivity contribution is -0.123. The highest BCUT2D eigenvalue weighted by Gasteiger charge is 2.23. The summed E-state index contributed by atoms with van der Waals surface area (Å²) >= 11 is 0. The molecule has 1 amide bonds. The van der Waals surface area contributed by atoms with Gasteiger partial charge in [0.2, 0.25) is 0 Å². The average Bonchev–Trinajstić information content (AvgIpc) is 3.28. The lowest BCUT2D eigenvalue weighted by Gasteiger charge is -2.11. The second kappa shape index (κ2) is 5.44. The number of fused-ring (bicyclic) bond motifs is 1. The number of nitrogens with one attached hydrogen (secondary N) is 1. The summed E-state index contributed by atoms with van der Waals surface area (Å²) in [5, 5.41) is 13.8. The molecule has 1 aliphatic rings. The molecule has 2 aromatic rings. The normalized spacial score (nSPS) is 13.9. The smallest absolute Gasteiger partial charge is 0.339 e. The summed E-state index contributed by atoms with van der Waals surface area (Å²) in [6, 6.07) is 10.9. The Morgan fingerprint density at radius 1 is 1.19 bits per heavy atom. The van der Waals surface area contributed by atoms with Gasteiger partial charge in [0.05, 0.1) is 0 Å². The first-order valence-corrected chi connectivity index (χ1v) is 6.82. The molecule has 1 aliphatic carbocycles. The minimum absolute atomic E-state index is 0.0629. The number of carbonyl (C=O) groups excluding carboxylic acids is 1. The van der Waals surface area contributed by atoms with E-state index in [9.17, 15) is 14.7 Å². The van der Waals surface area contributed by atoms with Crippen molar-refractivity contribution in [3.8, 4) is 5.75 Å². The first kappa shape index (κ1) is 13.4. The largest absolute Gasteiger partial charge is 0.483 e. The summed E-state index contributed by atoms with van der Waals surface area (Å²) in [4.78, 5) is 22.9. The molecule has 3 rings (SSSR count). The van der Waals surface area contributed by atoms with Crippen LogP contribution in [-0.2, 0) is 4.79 Å². The highest BCUT2D eigenvalue weighted by atomic mass is 16.5. The third-order valence-corrected chi connectivity index (χ3v) is 3.38. The quantitative estimate of drug-likeness (QED) is 0.883. The summed E-state index contributed by atoms with van der Waals surface area (Å²) in [5.41, 5.74) is 0.0629. The van der Waals surface area contributed by atoms with Gasteiger partial charge in [0.25, 0.3) is 5.91 Å². The fourth-order valence-corrected chi connectivity index (χ4v) is 2.15. The molecule has 1 saturated carbocycles. The maximum absolute atomic E-state index is 11.6. The molecule has 0 unspecified atom stereocenters. The molecule has 0 spiro atoms. The maximum atomic E-state index is 11.6. The molecular weight excluding hydrogens is 270 g/mol. The lowest BCUT2D eigenvalue weighted by atomic mass is 10.1. The number of carbonyl (C=O) groups is 2. The zero-order valence-corrected chi connectivity index (χ0v) is 11.3. The molecule has 2 N–H and O–H groups in total. The number of aromatic carboxylic acids is 1. The highest BCUT2D eigenvalue weighted by molar-refractivity contribution is 5.97. The zero-order valence-electron chi connectivity index (χ0n) is 11.3. The summed E-state index contributed by atoms with van der Waals surface area (Å²) in [6.45, 7) is -0.172. The molecule has 0 radical (unpaired) electrons. The molecule has 0 heterocycles. The van der Waals surface area contributed by atoms with E-state index in [0.29, 0.717) is 0 Å². The van der Waals surface area contributed by atoms with E-state index in [4.69, 9.17) is 4.74 Å². The standard InChI is InChI=1S/C16H15NO4/c18-15(17-12-5-6-12)9-21-14-8-11-4-2-1-3-10(11)7-13(14)16(19)20/h1-4,7-8,12H,5-6,9H2,(H,17,18)(H,19,20). The van der Waals surface area contributed by atoms with Crippen LogP contribution in [0.1, 0.15) is 23.2 Å². The van der Waals surface area contributed by atoms with Gasteiger partial charge in [-0.15, -0.1) is 0 Å². The molecule has 0 saturated heterocycles. The van der Waals surface area contributed by atoms with Crippen molar-refractivity contribution in [3.05, 3.63) is 42.0 Å². The van der Waals surface area contributed by atoms with Crippen LogP contribution in [0.25, 0.3) is 10.8 Å². The van der Waals surface area contributed by atoms with Gasteiger partial charge in [-0.2, -0.15) is 0 Å². The Morgan fingerprint density at radius 3 is 2.48 bits per heavy atom. The van der Waals surface area contributed by atoms with E-state index < -0.39 is 5.97 Å². The Morgan fingerprint density at radius 2 is 1.86 bits per heavy atom. The zero-order chi connectivity index (χ0) is 14.8. The van der Waals surface area contributed by atoms with E-state index in [-0.39, 0.29) is 29.9 Å². The van der Waals surface area contributed by atoms with E-state index in [2.05, 4.69) is 5.32 Å². The molecule has 0 atom stereocenters. The fourth-order valence-electron chi connectivity index (χ4n) is 2.15. The fraction of sp³-hybridized carbons (Fsp3) is 0.250. The van der Waals surface area contributed by atoms with Crippen LogP contribution in [0, 0.1) is 0 Å². The number of carboxylic acid groups (broad SMARTS) is 1. The summed E-state index contributed by atoms with van der Waals surface area (Å²) < 4.78 is 5.40. The van der Waals surface area contributed by atoms with Crippen LogP contribution < -0.4 is 10.1 Å². The molecule has 5 heteroatoms. The highest BCUT2D eigenvalue weighted by Crippen LogP contribution is 2.26. The van der Waals surface area contributed by atoms with Crippen LogP contribution in [0.15, 0.2) is 36.4 Å². The number of carboxylic acids is 1. The summed E-state index contributed by atoms with van der Waals surface area (Å²) in [7, 11) is 0. The molecule has 21 heavy (non-hydrogen) atoms. The lowest BCUT2D eigenvalue weighted by Crippen LogP contribution is -2.30. The summed E-state index contributed by atoms with van der Waals surface area (Å²) in [5.74, 6) is -1.08. The van der Waals surface area contributed by atoms with Crippen LogP contribution in [0.2, 0.25) is 0 Å². The molecule has 0 aromatic heterocycles. The number of ether oxygens (including phenoxy) is 1. The van der Waals surface area contributed by atoms with Crippen LogP contribution in [-0.4, -0.2) is 29.6 Å². The first-order valence-electron chi connectivity index (χ1n) is 6.82. The second-order valence-electron chi connectivity index (χ2n) is 5.13. The number of amides is 1. The monoisotopic (exact) mass is 285 g/mol. The van der Waals surface area contributed by atoms with Crippen molar-refractivity contribution in [1.82, 2.24) is 5.32 Å². The van der Waals surface area contributed by atoms with Gasteiger partial charge in [-0.3, -0.25) is 4.79 Å². The molecule has 0 aliphatic heterocycles. The van der Waals surface area contributed by atoms with Gasteiger partial charge in [0.15, 0.2) is 6.61 Å². The number of rotatable bonds is 5. The summed E-state index contributed by atoms with van der Waals surface area (Å²) in [6.07, 6.45) is 2.00. The van der Waals surface area contributed by atoms with Crippen molar-refractivity contribution < 1.29 is 19.4 Å². The first-order chi connectivity index (χ1) is 10.1. The van der Waals surface area contributed by atoms with Crippen molar-refractivity contribution in [2.45, 2.75) is 18.9 Å². The predicted octanol–water partition coefficient (Wildman–Crippen LogP) is 2.20. The Bertz CT molecular complexity index is 706. The Balaban J connectivity index is 1.82. The van der Waals surface area contributed by atoms with Crippen molar-refractivity contribution in [1.29, 1.82) is 0 Å². The predicted molar refractivity (Wildman–Crippen MR) is 77.6 cm³/mol. The van der Waals surface area contributed by atoms with Crippen molar-refractivity contribution in [3.63, 3.8) is 0 Å². The van der Waals surface area contributed by atoms with Gasteiger partial charge in [-0.1, -0.05) is 24.3 Å². The van der Waals surface area contributed by atoms with Gasteiger partial charge in [0.1, 0.15) is 11.3 Å². The van der Waals surface area contributed by atoms with Crippen molar-refractivity contribution in [2.24, 2.45) is 0 Å². The van der Waals surface area contributed by atoms with Gasteiger partial charge in [-0.25, -0.2) is 4.79 Å². The van der Waals surface area contributed by atoms with Gasteiger partial charge >= 0.3 is 5.97 Å². The van der Waals surface area contributed by atoms with E-state index in [1.807, 2.05) is 24.3 Å². The Labute approximate surface area is 121 Å². The van der Waals surface area contributed by atoms with E-state index >= 15 is 0 Å². The minimum atomic E-state index is -1.07. The topological polar surface area (TPSA) is 75.6 Å². The maximum Gasteiger partial charge on any atom is 0.339 e. The molecule has 1 fully saturated rings. The van der Waals surface area contributed by atoms with Gasteiger partial charge in [0, 0.05) is 6.04 Å². The number of hydrogen-bond acceptors (Lipinski definition) is 3. The Hall–Kier alpha value is -2.56. The molecule has 108 valence electrons. The number of benzene rings is 2. The van der Waals surface area contributed by atoms with Crippen LogP contribution in [0.4, 0.5) is 0 Å². The average molecular weight is 285 g/mol. The van der Waals surface area contributed by atoms with E-state index in [1.165, 1.54) is 0 Å². The van der Waals surface area contributed by atoms with Gasteiger partial charge < -0.3 is 15.2 Å². The molecular formula is C16H15NO4. The van der Waals surface area contributed by atoms with Crippen LogP contribution >= 0.6 is 0 Å². The van der Waals surface area contributed by atoms with E-state index in [0.717, 1.165) is 23.6 Å². The third-order valence-electron chi connectivity index (χ3n) is 3.38. The second-order valence-corrected chi connectivity index (χ2v) is 5.13. The van der Waals surface area contributed by atoms with E-state index in [1.54, 1.807) is 12.1 Å².